The molecule has 1 aliphatic rings. The molecule has 7 nitrogen and oxygen atoms in total. The highest BCUT2D eigenvalue weighted by atomic mass is 79.9. The Hall–Kier alpha value is -3.52. The fourth-order valence-corrected chi connectivity index (χ4v) is 3.67. The average molecular weight is 439 g/mol. The zero-order valence-corrected chi connectivity index (χ0v) is 16.0. The van der Waals surface area contributed by atoms with Crippen molar-refractivity contribution in [3.05, 3.63) is 69.2 Å². The number of carbonyl (C=O) groups is 2. The number of ether oxygens (including phenoxy) is 1. The van der Waals surface area contributed by atoms with Crippen LogP contribution in [0, 0.1) is 0 Å². The van der Waals surface area contributed by atoms with Crippen molar-refractivity contribution in [1.29, 1.82) is 0 Å². The number of rotatable bonds is 2. The highest BCUT2D eigenvalue weighted by Gasteiger charge is 2.37. The third-order valence-corrected chi connectivity index (χ3v) is 5.06. The maximum absolute atomic E-state index is 13.2. The Balaban J connectivity index is 1.92. The Morgan fingerprint density at radius 3 is 1.89 bits per heavy atom. The van der Waals surface area contributed by atoms with Crippen molar-refractivity contribution in [3.8, 4) is 11.5 Å². The van der Waals surface area contributed by atoms with Crippen LogP contribution < -0.4 is 27.7 Å². The summed E-state index contributed by atoms with van der Waals surface area (Å²) in [5.74, 6) is -0.355. The Kier molecular flexibility index (Phi) is 4.01. The van der Waals surface area contributed by atoms with Crippen LogP contribution in [0.4, 0.5) is 22.7 Å². The van der Waals surface area contributed by atoms with Gasteiger partial charge in [0.1, 0.15) is 5.75 Å². The first-order chi connectivity index (χ1) is 13.3. The molecule has 0 amide bonds. The average Bonchev–Trinajstić information content (AvgIpc) is 2.64. The Morgan fingerprint density at radius 1 is 0.714 bits per heavy atom. The first-order valence-corrected chi connectivity index (χ1v) is 9.01. The standard InChI is InChI=1S/C20H15BrN4O3/c21-8-2-1-3-9(6-8)28-13-7-12(24)16-17(18(13)25)20(27)15-11(23)5-4-10(22)14(15)19(16)26/h1-7H,22-25H2. The fraction of sp³-hybridized carbons (Fsp3) is 0. The van der Waals surface area contributed by atoms with Crippen LogP contribution >= 0.6 is 15.9 Å². The summed E-state index contributed by atoms with van der Waals surface area (Å²) in [5.41, 5.74) is 24.6. The SMILES string of the molecule is Nc1ccc(N)c2c1C(=O)c1c(N)cc(Oc3cccc(Br)c3)c(N)c1C2=O. The largest absolute Gasteiger partial charge is 0.455 e. The second-order valence-corrected chi connectivity index (χ2v) is 7.25. The minimum Gasteiger partial charge on any atom is -0.455 e. The molecular weight excluding hydrogens is 424 g/mol. The van der Waals surface area contributed by atoms with Crippen molar-refractivity contribution in [3.63, 3.8) is 0 Å². The number of nitrogen functional groups attached to an aromatic ring is 4. The molecular formula is C20H15BrN4O3. The predicted molar refractivity (Wildman–Crippen MR) is 112 cm³/mol. The summed E-state index contributed by atoms with van der Waals surface area (Å²) in [5, 5.41) is 0. The molecule has 0 fully saturated rings. The maximum Gasteiger partial charge on any atom is 0.198 e. The molecule has 0 spiro atoms. The number of hydrogen-bond acceptors (Lipinski definition) is 7. The van der Waals surface area contributed by atoms with Crippen molar-refractivity contribution in [2.45, 2.75) is 0 Å². The summed E-state index contributed by atoms with van der Waals surface area (Å²) in [6, 6.07) is 11.5. The third-order valence-electron chi connectivity index (χ3n) is 4.56. The Labute approximate surface area is 168 Å². The van der Waals surface area contributed by atoms with Gasteiger partial charge >= 0.3 is 0 Å². The van der Waals surface area contributed by atoms with Crippen LogP contribution in [0.2, 0.25) is 0 Å². The van der Waals surface area contributed by atoms with Gasteiger partial charge in [0.15, 0.2) is 17.3 Å². The van der Waals surface area contributed by atoms with Gasteiger partial charge in [-0.15, -0.1) is 0 Å². The maximum atomic E-state index is 13.2. The molecule has 0 bridgehead atoms. The smallest absolute Gasteiger partial charge is 0.198 e. The highest BCUT2D eigenvalue weighted by Crippen LogP contribution is 2.43. The number of fused-ring (bicyclic) bond motifs is 2. The number of halogens is 1. The van der Waals surface area contributed by atoms with E-state index in [0.29, 0.717) is 5.75 Å². The van der Waals surface area contributed by atoms with Crippen LogP contribution in [0.5, 0.6) is 11.5 Å². The second kappa shape index (κ2) is 6.28. The topological polar surface area (TPSA) is 147 Å². The van der Waals surface area contributed by atoms with Crippen molar-refractivity contribution < 1.29 is 14.3 Å². The molecule has 0 saturated carbocycles. The number of hydrogen-bond donors (Lipinski definition) is 4. The number of nitrogens with two attached hydrogens (primary N) is 4. The Morgan fingerprint density at radius 2 is 1.29 bits per heavy atom. The minimum atomic E-state index is -0.515. The fourth-order valence-electron chi connectivity index (χ4n) is 3.29. The molecule has 3 aromatic carbocycles. The zero-order chi connectivity index (χ0) is 20.2. The zero-order valence-electron chi connectivity index (χ0n) is 14.5. The quantitative estimate of drug-likeness (QED) is 0.350. The minimum absolute atomic E-state index is 0.00823. The molecule has 0 aliphatic heterocycles. The summed E-state index contributed by atoms with van der Waals surface area (Å²) < 4.78 is 6.61. The molecule has 28 heavy (non-hydrogen) atoms. The number of anilines is 4. The lowest BCUT2D eigenvalue weighted by Crippen LogP contribution is -2.26. The van der Waals surface area contributed by atoms with Crippen molar-refractivity contribution in [2.24, 2.45) is 0 Å². The van der Waals surface area contributed by atoms with E-state index in [4.69, 9.17) is 27.7 Å². The Bertz CT molecular complexity index is 1190. The molecule has 0 unspecified atom stereocenters. The van der Waals surface area contributed by atoms with Crippen LogP contribution in [0.1, 0.15) is 31.8 Å². The molecule has 0 atom stereocenters. The summed E-state index contributed by atoms with van der Waals surface area (Å²) in [4.78, 5) is 26.2. The molecule has 140 valence electrons. The van der Waals surface area contributed by atoms with Gasteiger partial charge in [0.25, 0.3) is 0 Å². The van der Waals surface area contributed by atoms with E-state index in [1.165, 1.54) is 18.2 Å². The molecule has 3 aromatic rings. The molecule has 1 aliphatic carbocycles. The van der Waals surface area contributed by atoms with Crippen LogP contribution in [0.15, 0.2) is 46.9 Å². The van der Waals surface area contributed by atoms with Crippen molar-refractivity contribution >= 4 is 50.2 Å². The van der Waals surface area contributed by atoms with Gasteiger partial charge in [-0.2, -0.15) is 0 Å². The monoisotopic (exact) mass is 438 g/mol. The molecule has 0 aromatic heterocycles. The van der Waals surface area contributed by atoms with E-state index in [2.05, 4.69) is 15.9 Å². The molecule has 0 heterocycles. The van der Waals surface area contributed by atoms with E-state index >= 15 is 0 Å². The first-order valence-electron chi connectivity index (χ1n) is 8.22. The predicted octanol–water partition coefficient (Wildman–Crippen LogP) is 3.35. The van der Waals surface area contributed by atoms with Crippen LogP contribution in [-0.4, -0.2) is 11.6 Å². The van der Waals surface area contributed by atoms with Gasteiger partial charge in [-0.3, -0.25) is 9.59 Å². The lowest BCUT2D eigenvalue weighted by molar-refractivity contribution is 0.0981. The third kappa shape index (κ3) is 2.57. The first kappa shape index (κ1) is 17.9. The summed E-state index contributed by atoms with van der Waals surface area (Å²) in [7, 11) is 0. The van der Waals surface area contributed by atoms with Gasteiger partial charge in [-0.25, -0.2) is 0 Å². The van der Waals surface area contributed by atoms with Gasteiger partial charge in [-0.1, -0.05) is 22.0 Å². The van der Waals surface area contributed by atoms with Gasteiger partial charge < -0.3 is 27.7 Å². The summed E-state index contributed by atoms with van der Waals surface area (Å²) >= 11 is 3.36. The van der Waals surface area contributed by atoms with Crippen molar-refractivity contribution in [2.75, 3.05) is 22.9 Å². The molecule has 8 heteroatoms. The van der Waals surface area contributed by atoms with Crippen LogP contribution in [-0.2, 0) is 0 Å². The lowest BCUT2D eigenvalue weighted by atomic mass is 9.80. The van der Waals surface area contributed by atoms with E-state index < -0.39 is 11.6 Å². The molecule has 0 radical (unpaired) electrons. The number of carbonyl (C=O) groups excluding carboxylic acids is 2. The number of benzene rings is 3. The highest BCUT2D eigenvalue weighted by molar-refractivity contribution is 9.10. The van der Waals surface area contributed by atoms with Crippen molar-refractivity contribution in [1.82, 2.24) is 0 Å². The van der Waals surface area contributed by atoms with Gasteiger partial charge in [-0.05, 0) is 30.3 Å². The van der Waals surface area contributed by atoms with Crippen LogP contribution in [0.25, 0.3) is 0 Å². The van der Waals surface area contributed by atoms with Gasteiger partial charge in [0.2, 0.25) is 0 Å². The van der Waals surface area contributed by atoms with Crippen LogP contribution in [0.3, 0.4) is 0 Å². The van der Waals surface area contributed by atoms with E-state index in [0.717, 1.165) is 4.47 Å². The molecule has 4 rings (SSSR count). The molecule has 8 N–H and O–H groups in total. The van der Waals surface area contributed by atoms with E-state index in [1.54, 1.807) is 18.2 Å². The second-order valence-electron chi connectivity index (χ2n) is 6.34. The summed E-state index contributed by atoms with van der Waals surface area (Å²) in [6.07, 6.45) is 0. The summed E-state index contributed by atoms with van der Waals surface area (Å²) in [6.45, 7) is 0. The normalized spacial score (nSPS) is 12.5. The number of ketones is 2. The van der Waals surface area contributed by atoms with E-state index in [-0.39, 0.29) is 50.8 Å². The van der Waals surface area contributed by atoms with Gasteiger partial charge in [0, 0.05) is 27.6 Å². The lowest BCUT2D eigenvalue weighted by Gasteiger charge is -2.24. The van der Waals surface area contributed by atoms with Gasteiger partial charge in [0.05, 0.1) is 27.9 Å². The van der Waals surface area contributed by atoms with E-state index in [1.807, 2.05) is 6.07 Å². The van der Waals surface area contributed by atoms with E-state index in [9.17, 15) is 9.59 Å². The molecule has 0 saturated heterocycles.